The molecule has 1 aliphatic heterocycles. The van der Waals surface area contributed by atoms with Crippen molar-refractivity contribution in [2.45, 2.75) is 10.9 Å². The Kier molecular flexibility index (Phi) is 4.54. The van der Waals surface area contributed by atoms with Crippen LogP contribution in [0.3, 0.4) is 0 Å². The van der Waals surface area contributed by atoms with Gasteiger partial charge in [0.25, 0.3) is 11.6 Å². The highest BCUT2D eigenvalue weighted by Gasteiger charge is 2.26. The van der Waals surface area contributed by atoms with Gasteiger partial charge in [0, 0.05) is 43.6 Å². The van der Waals surface area contributed by atoms with Crippen LogP contribution < -0.4 is 5.32 Å². The van der Waals surface area contributed by atoms with E-state index >= 15 is 0 Å². The fourth-order valence-electron chi connectivity index (χ4n) is 2.61. The summed E-state index contributed by atoms with van der Waals surface area (Å²) in [6.45, 7) is 2.34. The van der Waals surface area contributed by atoms with Gasteiger partial charge in [0.2, 0.25) is 0 Å². The smallest absolute Gasteiger partial charge is 0.271 e. The van der Waals surface area contributed by atoms with Gasteiger partial charge in [0.15, 0.2) is 15.7 Å². The average molecular weight is 367 g/mol. The quantitative estimate of drug-likeness (QED) is 0.610. The molecule has 1 saturated heterocycles. The Bertz CT molecular complexity index is 910. The van der Waals surface area contributed by atoms with Crippen LogP contribution in [0.15, 0.2) is 27.6 Å². The number of nitrogens with zero attached hydrogens (tertiary/aromatic N) is 4. The first-order valence-corrected chi connectivity index (χ1v) is 9.39. The third-order valence-corrected chi connectivity index (χ3v) is 5.12. The minimum atomic E-state index is -3.62. The van der Waals surface area contributed by atoms with Crippen molar-refractivity contribution in [1.82, 2.24) is 20.4 Å². The lowest BCUT2D eigenvalue weighted by Crippen LogP contribution is -2.44. The summed E-state index contributed by atoms with van der Waals surface area (Å²) in [4.78, 5) is 16.6. The van der Waals surface area contributed by atoms with Crippen molar-refractivity contribution in [3.8, 4) is 11.5 Å². The number of benzene rings is 1. The summed E-state index contributed by atoms with van der Waals surface area (Å²) in [6, 6.07) is 3.44. The summed E-state index contributed by atoms with van der Waals surface area (Å²) < 4.78 is 28.8. The monoisotopic (exact) mass is 367 g/mol. The van der Waals surface area contributed by atoms with Crippen molar-refractivity contribution in [2.75, 3.05) is 32.9 Å². The Hall–Kier alpha value is -2.37. The summed E-state index contributed by atoms with van der Waals surface area (Å²) in [5.41, 5.74) is -0.158. The Labute approximate surface area is 143 Å². The molecule has 0 saturated carbocycles. The number of nitro groups is 1. The normalized spacial score (nSPS) is 19.0. The first-order valence-electron chi connectivity index (χ1n) is 7.50. The molecule has 1 unspecified atom stereocenters. The van der Waals surface area contributed by atoms with Crippen LogP contribution in [0.1, 0.15) is 11.9 Å². The number of nitrogens with one attached hydrogen (secondary N) is 1. The molecule has 134 valence electrons. The zero-order valence-electron chi connectivity index (χ0n) is 13.7. The molecule has 3 rings (SSSR count). The molecule has 1 aliphatic rings. The topological polar surface area (TPSA) is 131 Å². The Morgan fingerprint density at radius 2 is 2.16 bits per heavy atom. The summed E-state index contributed by atoms with van der Waals surface area (Å²) in [5, 5.41) is 18.3. The Morgan fingerprint density at radius 1 is 1.40 bits per heavy atom. The van der Waals surface area contributed by atoms with Crippen LogP contribution in [0.4, 0.5) is 5.69 Å². The molecule has 10 nitrogen and oxygen atoms in total. The average Bonchev–Trinajstić information content (AvgIpc) is 3.04. The Morgan fingerprint density at radius 3 is 2.80 bits per heavy atom. The number of nitro benzene ring substituents is 1. The maximum absolute atomic E-state index is 11.8. The molecule has 11 heteroatoms. The predicted molar refractivity (Wildman–Crippen MR) is 87.7 cm³/mol. The zero-order valence-corrected chi connectivity index (χ0v) is 14.5. The molecule has 0 aliphatic carbocycles. The third-order valence-electron chi connectivity index (χ3n) is 4.03. The largest absolute Gasteiger partial charge is 0.334 e. The van der Waals surface area contributed by atoms with Gasteiger partial charge in [-0.05, 0) is 13.1 Å². The molecular weight excluding hydrogens is 350 g/mol. The van der Waals surface area contributed by atoms with Crippen molar-refractivity contribution in [1.29, 1.82) is 0 Å². The van der Waals surface area contributed by atoms with Crippen LogP contribution in [0, 0.1) is 10.1 Å². The number of hydrogen-bond acceptors (Lipinski definition) is 9. The lowest BCUT2D eigenvalue weighted by Gasteiger charge is -2.30. The highest BCUT2D eigenvalue weighted by atomic mass is 32.2. The fourth-order valence-corrected chi connectivity index (χ4v) is 3.28. The molecule has 0 amide bonds. The van der Waals surface area contributed by atoms with Gasteiger partial charge in [-0.15, -0.1) is 0 Å². The first-order chi connectivity index (χ1) is 11.8. The summed E-state index contributed by atoms with van der Waals surface area (Å²) in [7, 11) is -1.68. The zero-order chi connectivity index (χ0) is 18.2. The van der Waals surface area contributed by atoms with Crippen molar-refractivity contribution >= 4 is 15.5 Å². The minimum absolute atomic E-state index is 0.0440. The number of rotatable bonds is 4. The second kappa shape index (κ2) is 6.50. The predicted octanol–water partition coefficient (Wildman–Crippen LogP) is 0.624. The molecule has 1 aromatic heterocycles. The van der Waals surface area contributed by atoms with Gasteiger partial charge >= 0.3 is 0 Å². The van der Waals surface area contributed by atoms with Gasteiger partial charge < -0.3 is 9.84 Å². The molecule has 2 heterocycles. The molecule has 0 spiro atoms. The molecule has 0 bridgehead atoms. The SMILES string of the molecule is CN1CCNCC1c1noc(-c2cc([N+](=O)[O-])cc(S(C)(=O)=O)c2)n1. The van der Waals surface area contributed by atoms with Gasteiger partial charge in [-0.3, -0.25) is 15.0 Å². The number of hydrogen-bond donors (Lipinski definition) is 1. The molecule has 1 N–H and O–H groups in total. The van der Waals surface area contributed by atoms with Crippen LogP contribution in [0.2, 0.25) is 0 Å². The van der Waals surface area contributed by atoms with Crippen molar-refractivity contribution in [3.63, 3.8) is 0 Å². The molecule has 2 aromatic rings. The van der Waals surface area contributed by atoms with E-state index < -0.39 is 14.8 Å². The number of non-ortho nitro benzene ring substituents is 1. The van der Waals surface area contributed by atoms with Crippen LogP contribution in [0.25, 0.3) is 11.5 Å². The fraction of sp³-hybridized carbons (Fsp3) is 0.429. The lowest BCUT2D eigenvalue weighted by molar-refractivity contribution is -0.385. The van der Waals surface area contributed by atoms with Gasteiger partial charge in [-0.2, -0.15) is 4.98 Å². The van der Waals surface area contributed by atoms with Gasteiger partial charge in [-0.25, -0.2) is 8.42 Å². The van der Waals surface area contributed by atoms with Crippen LogP contribution in [-0.4, -0.2) is 61.3 Å². The molecule has 0 radical (unpaired) electrons. The highest BCUT2D eigenvalue weighted by molar-refractivity contribution is 7.90. The maximum Gasteiger partial charge on any atom is 0.271 e. The van der Waals surface area contributed by atoms with Crippen LogP contribution >= 0.6 is 0 Å². The van der Waals surface area contributed by atoms with Crippen molar-refractivity contribution in [2.24, 2.45) is 0 Å². The molecule has 1 atom stereocenters. The van der Waals surface area contributed by atoms with E-state index in [9.17, 15) is 18.5 Å². The van der Waals surface area contributed by atoms with Gasteiger partial charge in [0.1, 0.15) is 0 Å². The van der Waals surface area contributed by atoms with E-state index in [1.165, 1.54) is 12.1 Å². The second-order valence-electron chi connectivity index (χ2n) is 5.90. The lowest BCUT2D eigenvalue weighted by atomic mass is 10.2. The molecule has 25 heavy (non-hydrogen) atoms. The standard InChI is InChI=1S/C14H17N5O5S/c1-18-4-3-15-8-12(18)13-16-14(24-17-13)9-5-10(19(20)21)7-11(6-9)25(2,22)23/h5-7,12,15H,3-4,8H2,1-2H3. The third kappa shape index (κ3) is 3.67. The number of aromatic nitrogens is 2. The van der Waals surface area contributed by atoms with E-state index in [0.717, 1.165) is 25.4 Å². The summed E-state index contributed by atoms with van der Waals surface area (Å²) >= 11 is 0. The van der Waals surface area contributed by atoms with Gasteiger partial charge in [-0.1, -0.05) is 5.16 Å². The van der Waals surface area contributed by atoms with E-state index in [1.807, 2.05) is 7.05 Å². The number of sulfone groups is 1. The summed E-state index contributed by atoms with van der Waals surface area (Å²) in [6.07, 6.45) is 0.984. The van der Waals surface area contributed by atoms with Gasteiger partial charge in [0.05, 0.1) is 15.9 Å². The first kappa shape index (κ1) is 17.5. The molecule has 1 aromatic carbocycles. The molecular formula is C14H17N5O5S. The second-order valence-corrected chi connectivity index (χ2v) is 7.92. The van der Waals surface area contributed by atoms with E-state index in [4.69, 9.17) is 4.52 Å². The van der Waals surface area contributed by atoms with Crippen molar-refractivity contribution < 1.29 is 17.9 Å². The van der Waals surface area contributed by atoms with E-state index in [0.29, 0.717) is 12.4 Å². The van der Waals surface area contributed by atoms with Crippen molar-refractivity contribution in [3.05, 3.63) is 34.1 Å². The minimum Gasteiger partial charge on any atom is -0.334 e. The number of piperazine rings is 1. The van der Waals surface area contributed by atoms with Crippen LogP contribution in [-0.2, 0) is 9.84 Å². The Balaban J connectivity index is 2.02. The highest BCUT2D eigenvalue weighted by Crippen LogP contribution is 2.28. The van der Waals surface area contributed by atoms with E-state index in [2.05, 4.69) is 20.4 Å². The maximum atomic E-state index is 11.8. The molecule has 1 fully saturated rings. The number of likely N-dealkylation sites (N-methyl/N-ethyl adjacent to an activating group) is 1. The van der Waals surface area contributed by atoms with Crippen LogP contribution in [0.5, 0.6) is 0 Å². The summed E-state index contributed by atoms with van der Waals surface area (Å²) in [5.74, 6) is 0.486. The van der Waals surface area contributed by atoms with E-state index in [1.54, 1.807) is 0 Å². The van der Waals surface area contributed by atoms with E-state index in [-0.39, 0.29) is 28.1 Å².